The molecule has 162 valence electrons. The molecule has 0 bridgehead atoms. The lowest BCUT2D eigenvalue weighted by Crippen LogP contribution is -2.51. The quantitative estimate of drug-likeness (QED) is 0.713. The number of carbonyl (C=O) groups is 1. The summed E-state index contributed by atoms with van der Waals surface area (Å²) < 4.78 is 28.5. The van der Waals surface area contributed by atoms with Gasteiger partial charge in [-0.15, -0.1) is 0 Å². The topological polar surface area (TPSA) is 73.0 Å². The summed E-state index contributed by atoms with van der Waals surface area (Å²) in [5.74, 6) is -0.113. The molecule has 2 heterocycles. The number of sulfonamides is 1. The lowest BCUT2D eigenvalue weighted by atomic mass is 10.1. The third-order valence-electron chi connectivity index (χ3n) is 6.05. The minimum absolute atomic E-state index is 0.0947. The predicted octanol–water partition coefficient (Wildman–Crippen LogP) is 1.13. The Bertz CT molecular complexity index is 829. The summed E-state index contributed by atoms with van der Waals surface area (Å²) in [5, 5.41) is 3.23. The number of piperazine rings is 1. The Kier molecular flexibility index (Phi) is 7.32. The second-order valence-corrected chi connectivity index (χ2v) is 10.1. The number of carbonyl (C=O) groups excluding carboxylic acids is 1. The van der Waals surface area contributed by atoms with Gasteiger partial charge in [-0.1, -0.05) is 6.07 Å². The zero-order valence-electron chi connectivity index (χ0n) is 17.9. The molecule has 0 atom stereocenters. The van der Waals surface area contributed by atoms with Crippen molar-refractivity contribution >= 4 is 15.9 Å². The van der Waals surface area contributed by atoms with E-state index in [0.717, 1.165) is 55.7 Å². The highest BCUT2D eigenvalue weighted by Gasteiger charge is 2.31. The van der Waals surface area contributed by atoms with Gasteiger partial charge in [-0.2, -0.15) is 4.31 Å². The average molecular weight is 423 g/mol. The van der Waals surface area contributed by atoms with Gasteiger partial charge in [0.05, 0.1) is 11.4 Å². The molecule has 2 fully saturated rings. The fourth-order valence-corrected chi connectivity index (χ4v) is 5.73. The molecular formula is C21H34N4O3S. The van der Waals surface area contributed by atoms with Gasteiger partial charge in [0.25, 0.3) is 0 Å². The number of amides is 1. The summed E-state index contributed by atoms with van der Waals surface area (Å²) in [7, 11) is -3.75. The number of aryl methyl sites for hydroxylation is 3. The number of rotatable bonds is 7. The van der Waals surface area contributed by atoms with Gasteiger partial charge >= 0.3 is 0 Å². The number of nitrogens with one attached hydrogen (secondary N) is 1. The molecule has 7 nitrogen and oxygen atoms in total. The van der Waals surface area contributed by atoms with E-state index in [1.54, 1.807) is 11.0 Å². The van der Waals surface area contributed by atoms with Crippen LogP contribution >= 0.6 is 0 Å². The van der Waals surface area contributed by atoms with Crippen LogP contribution in [0.1, 0.15) is 29.5 Å². The molecule has 1 amide bonds. The molecule has 0 aromatic heterocycles. The van der Waals surface area contributed by atoms with Crippen LogP contribution in [0.4, 0.5) is 0 Å². The van der Waals surface area contributed by atoms with Crippen LogP contribution in [0.5, 0.6) is 0 Å². The van der Waals surface area contributed by atoms with Crippen molar-refractivity contribution in [1.82, 2.24) is 19.4 Å². The van der Waals surface area contributed by atoms with E-state index in [2.05, 4.69) is 10.2 Å². The smallest absolute Gasteiger partial charge is 0.243 e. The van der Waals surface area contributed by atoms with Crippen LogP contribution in [-0.4, -0.2) is 87.3 Å². The zero-order chi connectivity index (χ0) is 21.0. The molecule has 2 aliphatic rings. The first-order valence-corrected chi connectivity index (χ1v) is 12.0. The van der Waals surface area contributed by atoms with Crippen molar-refractivity contribution in [1.29, 1.82) is 0 Å². The number of nitrogens with zero attached hydrogens (tertiary/aromatic N) is 3. The van der Waals surface area contributed by atoms with E-state index in [1.165, 1.54) is 4.31 Å². The fourth-order valence-electron chi connectivity index (χ4n) is 4.06. The number of likely N-dealkylation sites (tertiary alicyclic amines) is 1. The highest BCUT2D eigenvalue weighted by Crippen LogP contribution is 2.24. The van der Waals surface area contributed by atoms with Crippen LogP contribution in [0.3, 0.4) is 0 Å². The molecule has 0 radical (unpaired) electrons. The Balaban J connectivity index is 1.83. The predicted molar refractivity (Wildman–Crippen MR) is 115 cm³/mol. The van der Waals surface area contributed by atoms with Gasteiger partial charge in [0, 0.05) is 39.3 Å². The molecule has 0 unspecified atom stereocenters. The van der Waals surface area contributed by atoms with Gasteiger partial charge in [0.15, 0.2) is 0 Å². The minimum Gasteiger partial charge on any atom is -0.339 e. The number of hydrogen-bond donors (Lipinski definition) is 1. The molecule has 29 heavy (non-hydrogen) atoms. The SMILES string of the molecule is Cc1cc(C)c(S(=O)(=O)N(CCN2CCCC2)CC(=O)N2CCNCC2)cc1C. The first-order chi connectivity index (χ1) is 13.8. The van der Waals surface area contributed by atoms with Crippen molar-refractivity contribution < 1.29 is 13.2 Å². The van der Waals surface area contributed by atoms with E-state index >= 15 is 0 Å². The van der Waals surface area contributed by atoms with Crippen molar-refractivity contribution in [3.8, 4) is 0 Å². The van der Waals surface area contributed by atoms with Crippen LogP contribution in [0.15, 0.2) is 17.0 Å². The van der Waals surface area contributed by atoms with Gasteiger partial charge in [0.1, 0.15) is 0 Å². The van der Waals surface area contributed by atoms with E-state index in [9.17, 15) is 13.2 Å². The summed E-state index contributed by atoms with van der Waals surface area (Å²) in [6, 6.07) is 3.66. The molecule has 8 heteroatoms. The molecule has 1 aromatic carbocycles. The fraction of sp³-hybridized carbons (Fsp3) is 0.667. The van der Waals surface area contributed by atoms with Crippen molar-refractivity contribution in [3.63, 3.8) is 0 Å². The highest BCUT2D eigenvalue weighted by molar-refractivity contribution is 7.89. The molecule has 0 spiro atoms. The molecule has 3 rings (SSSR count). The molecule has 1 N–H and O–H groups in total. The first-order valence-electron chi connectivity index (χ1n) is 10.6. The summed E-state index contributed by atoms with van der Waals surface area (Å²) >= 11 is 0. The van der Waals surface area contributed by atoms with Crippen LogP contribution in [0, 0.1) is 20.8 Å². The Morgan fingerprint density at radius 3 is 2.28 bits per heavy atom. The number of hydrogen-bond acceptors (Lipinski definition) is 5. The zero-order valence-corrected chi connectivity index (χ0v) is 18.7. The van der Waals surface area contributed by atoms with Crippen molar-refractivity contribution in [3.05, 3.63) is 28.8 Å². The Morgan fingerprint density at radius 2 is 1.62 bits per heavy atom. The average Bonchev–Trinajstić information content (AvgIpc) is 3.21. The standard InChI is InChI=1S/C21H34N4O3S/c1-17-14-19(3)20(15-18(17)2)29(27,28)25(13-12-23-8-4-5-9-23)16-21(26)24-10-6-22-7-11-24/h14-15,22H,4-13,16H2,1-3H3. The molecule has 1 aromatic rings. The molecule has 0 saturated carbocycles. The van der Waals surface area contributed by atoms with Gasteiger partial charge in [-0.3, -0.25) is 4.79 Å². The molecule has 2 aliphatic heterocycles. The molecule has 0 aliphatic carbocycles. The maximum atomic E-state index is 13.6. The largest absolute Gasteiger partial charge is 0.339 e. The maximum Gasteiger partial charge on any atom is 0.243 e. The lowest BCUT2D eigenvalue weighted by Gasteiger charge is -2.31. The molecular weight excluding hydrogens is 388 g/mol. The summed E-state index contributed by atoms with van der Waals surface area (Å²) in [4.78, 5) is 17.2. The normalized spacial score (nSPS) is 18.6. The third kappa shape index (κ3) is 5.36. The Hall–Kier alpha value is -1.48. The van der Waals surface area contributed by atoms with E-state index in [4.69, 9.17) is 0 Å². The van der Waals surface area contributed by atoms with Gasteiger partial charge < -0.3 is 15.1 Å². The Morgan fingerprint density at radius 1 is 1.00 bits per heavy atom. The Labute approximate surface area is 175 Å². The van der Waals surface area contributed by atoms with E-state index in [-0.39, 0.29) is 12.5 Å². The van der Waals surface area contributed by atoms with Crippen LogP contribution in [0.25, 0.3) is 0 Å². The minimum atomic E-state index is -3.75. The maximum absolute atomic E-state index is 13.6. The van der Waals surface area contributed by atoms with Crippen LogP contribution in [-0.2, 0) is 14.8 Å². The van der Waals surface area contributed by atoms with Crippen molar-refractivity contribution in [2.75, 3.05) is 58.9 Å². The second kappa shape index (κ2) is 9.55. The third-order valence-corrected chi connectivity index (χ3v) is 8.04. The number of benzene rings is 1. The second-order valence-electron chi connectivity index (χ2n) is 8.22. The van der Waals surface area contributed by atoms with E-state index in [1.807, 2.05) is 26.8 Å². The van der Waals surface area contributed by atoms with E-state index < -0.39 is 10.0 Å². The monoisotopic (exact) mass is 422 g/mol. The van der Waals surface area contributed by atoms with Crippen LogP contribution in [0.2, 0.25) is 0 Å². The van der Waals surface area contributed by atoms with Gasteiger partial charge in [-0.05, 0) is 69.5 Å². The summed E-state index contributed by atoms with van der Waals surface area (Å²) in [6.45, 7) is 11.4. The highest BCUT2D eigenvalue weighted by atomic mass is 32.2. The summed E-state index contributed by atoms with van der Waals surface area (Å²) in [6.07, 6.45) is 2.31. The van der Waals surface area contributed by atoms with Crippen molar-refractivity contribution in [2.24, 2.45) is 0 Å². The summed E-state index contributed by atoms with van der Waals surface area (Å²) in [5.41, 5.74) is 2.75. The van der Waals surface area contributed by atoms with Crippen LogP contribution < -0.4 is 5.32 Å². The van der Waals surface area contributed by atoms with Crippen molar-refractivity contribution in [2.45, 2.75) is 38.5 Å². The van der Waals surface area contributed by atoms with Gasteiger partial charge in [0.2, 0.25) is 15.9 Å². The lowest BCUT2D eigenvalue weighted by molar-refractivity contribution is -0.132. The molecule has 2 saturated heterocycles. The van der Waals surface area contributed by atoms with E-state index in [0.29, 0.717) is 31.1 Å². The first kappa shape index (κ1) is 22.2. The van der Waals surface area contributed by atoms with Gasteiger partial charge in [-0.25, -0.2) is 8.42 Å².